The highest BCUT2D eigenvalue weighted by molar-refractivity contribution is 5.79. The smallest absolute Gasteiger partial charge is 0.212 e. The minimum atomic E-state index is 0.557. The lowest BCUT2D eigenvalue weighted by Crippen LogP contribution is -2.38. The summed E-state index contributed by atoms with van der Waals surface area (Å²) in [6, 6.07) is 11.9. The molecule has 0 unspecified atom stereocenters. The van der Waals surface area contributed by atoms with E-state index < -0.39 is 0 Å². The molecule has 0 atom stereocenters. The van der Waals surface area contributed by atoms with Gasteiger partial charge in [0.2, 0.25) is 5.88 Å². The number of hydrogen-bond acceptors (Lipinski definition) is 4. The van der Waals surface area contributed by atoms with Crippen LogP contribution in [0, 0.1) is 0 Å². The molecule has 6 heteroatoms. The Bertz CT molecular complexity index is 671. The van der Waals surface area contributed by atoms with E-state index in [2.05, 4.69) is 26.7 Å². The molecule has 134 valence electrons. The van der Waals surface area contributed by atoms with Gasteiger partial charge in [0.15, 0.2) is 5.96 Å². The molecule has 1 heterocycles. The molecule has 0 aliphatic rings. The van der Waals surface area contributed by atoms with Gasteiger partial charge in [-0.25, -0.2) is 9.98 Å². The lowest BCUT2D eigenvalue weighted by molar-refractivity contribution is 0.397. The molecule has 0 aliphatic heterocycles. The molecule has 0 spiro atoms. The Kier molecular flexibility index (Phi) is 7.56. The summed E-state index contributed by atoms with van der Waals surface area (Å²) in [5, 5.41) is 6.60. The van der Waals surface area contributed by atoms with Crippen LogP contribution in [0.3, 0.4) is 0 Å². The van der Waals surface area contributed by atoms with Crippen LogP contribution in [0.2, 0.25) is 0 Å². The molecular formula is C19H26N4O2. The number of aliphatic imine (C=N–C) groups is 1. The predicted octanol–water partition coefficient (Wildman–Crippen LogP) is 2.40. The summed E-state index contributed by atoms with van der Waals surface area (Å²) in [5.74, 6) is 2.30. The van der Waals surface area contributed by atoms with Gasteiger partial charge in [0.1, 0.15) is 5.75 Å². The number of benzene rings is 1. The van der Waals surface area contributed by atoms with E-state index in [1.54, 1.807) is 20.4 Å². The predicted molar refractivity (Wildman–Crippen MR) is 100 cm³/mol. The number of nitrogens with one attached hydrogen (secondary N) is 2. The van der Waals surface area contributed by atoms with Crippen LogP contribution in [0.1, 0.15) is 18.1 Å². The van der Waals surface area contributed by atoms with Gasteiger partial charge in [0, 0.05) is 25.4 Å². The van der Waals surface area contributed by atoms with Crippen molar-refractivity contribution in [1.29, 1.82) is 0 Å². The molecule has 6 nitrogen and oxygen atoms in total. The number of guanidine groups is 1. The van der Waals surface area contributed by atoms with Gasteiger partial charge >= 0.3 is 0 Å². The van der Waals surface area contributed by atoms with Gasteiger partial charge in [-0.2, -0.15) is 0 Å². The number of aromatic nitrogens is 1. The minimum absolute atomic E-state index is 0.557. The number of nitrogens with zero attached hydrogens (tertiary/aromatic N) is 2. The standard InChI is InChI=1S/C19H26N4O2/c1-4-20-19(23-14-15-9-10-18(25-3)22-13-15)21-12-11-16-7-5-6-8-17(16)24-2/h5-10,13H,4,11-12,14H2,1-3H3,(H2,20,21,23). The van der Waals surface area contributed by atoms with Gasteiger partial charge in [0.25, 0.3) is 0 Å². The number of methoxy groups -OCH3 is 2. The van der Waals surface area contributed by atoms with E-state index in [4.69, 9.17) is 9.47 Å². The molecule has 2 N–H and O–H groups in total. The van der Waals surface area contributed by atoms with Crippen LogP contribution < -0.4 is 20.1 Å². The van der Waals surface area contributed by atoms with Crippen molar-refractivity contribution in [2.75, 3.05) is 27.3 Å². The second kappa shape index (κ2) is 10.2. The van der Waals surface area contributed by atoms with E-state index in [9.17, 15) is 0 Å². The highest BCUT2D eigenvalue weighted by atomic mass is 16.5. The van der Waals surface area contributed by atoms with Crippen LogP contribution in [0.4, 0.5) is 0 Å². The molecule has 2 aromatic rings. The van der Waals surface area contributed by atoms with E-state index in [0.29, 0.717) is 12.4 Å². The van der Waals surface area contributed by atoms with E-state index in [0.717, 1.165) is 36.8 Å². The zero-order valence-electron chi connectivity index (χ0n) is 15.1. The van der Waals surface area contributed by atoms with Crippen LogP contribution in [-0.2, 0) is 13.0 Å². The second-order valence-electron chi connectivity index (χ2n) is 5.39. The number of para-hydroxylation sites is 1. The summed E-state index contributed by atoms with van der Waals surface area (Å²) in [5.41, 5.74) is 2.20. The second-order valence-corrected chi connectivity index (χ2v) is 5.39. The Labute approximate surface area is 149 Å². The number of ether oxygens (including phenoxy) is 2. The van der Waals surface area contributed by atoms with Crippen molar-refractivity contribution in [3.63, 3.8) is 0 Å². The zero-order chi connectivity index (χ0) is 17.9. The molecule has 25 heavy (non-hydrogen) atoms. The van der Waals surface area contributed by atoms with Gasteiger partial charge in [-0.1, -0.05) is 24.3 Å². The molecular weight excluding hydrogens is 316 g/mol. The first-order valence-corrected chi connectivity index (χ1v) is 8.39. The average Bonchev–Trinajstić information content (AvgIpc) is 2.67. The molecule has 0 aliphatic carbocycles. The lowest BCUT2D eigenvalue weighted by atomic mass is 10.1. The monoisotopic (exact) mass is 342 g/mol. The summed E-state index contributed by atoms with van der Waals surface area (Å²) in [4.78, 5) is 8.79. The maximum Gasteiger partial charge on any atom is 0.212 e. The Morgan fingerprint density at radius 3 is 2.60 bits per heavy atom. The molecule has 0 amide bonds. The van der Waals surface area contributed by atoms with Crippen LogP contribution >= 0.6 is 0 Å². The molecule has 0 radical (unpaired) electrons. The maximum atomic E-state index is 5.38. The van der Waals surface area contributed by atoms with Crippen molar-refractivity contribution < 1.29 is 9.47 Å². The Hall–Kier alpha value is -2.76. The Morgan fingerprint density at radius 2 is 1.92 bits per heavy atom. The third-order valence-corrected chi connectivity index (χ3v) is 3.65. The topological polar surface area (TPSA) is 67.8 Å². The third-order valence-electron chi connectivity index (χ3n) is 3.65. The minimum Gasteiger partial charge on any atom is -0.496 e. The van der Waals surface area contributed by atoms with Crippen molar-refractivity contribution >= 4 is 5.96 Å². The van der Waals surface area contributed by atoms with E-state index in [1.165, 1.54) is 5.56 Å². The molecule has 1 aromatic heterocycles. The summed E-state index contributed by atoms with van der Waals surface area (Å²) in [6.07, 6.45) is 2.64. The van der Waals surface area contributed by atoms with Gasteiger partial charge in [-0.3, -0.25) is 0 Å². The summed E-state index contributed by atoms with van der Waals surface area (Å²) < 4.78 is 10.4. The van der Waals surface area contributed by atoms with Crippen LogP contribution in [0.25, 0.3) is 0 Å². The summed E-state index contributed by atoms with van der Waals surface area (Å²) >= 11 is 0. The fourth-order valence-corrected chi connectivity index (χ4v) is 2.36. The first kappa shape index (κ1) is 18.6. The molecule has 0 saturated carbocycles. The van der Waals surface area contributed by atoms with Crippen molar-refractivity contribution in [1.82, 2.24) is 15.6 Å². The van der Waals surface area contributed by atoms with Crippen molar-refractivity contribution in [2.45, 2.75) is 19.9 Å². The fourth-order valence-electron chi connectivity index (χ4n) is 2.36. The molecule has 0 saturated heterocycles. The molecule has 0 fully saturated rings. The SMILES string of the molecule is CCNC(=NCc1ccc(OC)nc1)NCCc1ccccc1OC. The number of rotatable bonds is 8. The van der Waals surface area contributed by atoms with Crippen molar-refractivity contribution in [3.8, 4) is 11.6 Å². The van der Waals surface area contributed by atoms with Gasteiger partial charge < -0.3 is 20.1 Å². The van der Waals surface area contributed by atoms with Gasteiger partial charge in [-0.15, -0.1) is 0 Å². The molecule has 0 bridgehead atoms. The highest BCUT2D eigenvalue weighted by Crippen LogP contribution is 2.17. The van der Waals surface area contributed by atoms with E-state index >= 15 is 0 Å². The van der Waals surface area contributed by atoms with Crippen molar-refractivity contribution in [3.05, 3.63) is 53.7 Å². The number of hydrogen-bond donors (Lipinski definition) is 2. The van der Waals surface area contributed by atoms with Gasteiger partial charge in [0.05, 0.1) is 20.8 Å². The number of pyridine rings is 1. The van der Waals surface area contributed by atoms with Crippen LogP contribution in [0.5, 0.6) is 11.6 Å². The lowest BCUT2D eigenvalue weighted by Gasteiger charge is -2.12. The molecule has 1 aromatic carbocycles. The summed E-state index contributed by atoms with van der Waals surface area (Å²) in [6.45, 7) is 4.18. The van der Waals surface area contributed by atoms with Crippen LogP contribution in [0.15, 0.2) is 47.6 Å². The van der Waals surface area contributed by atoms with Crippen molar-refractivity contribution in [2.24, 2.45) is 4.99 Å². The van der Waals surface area contributed by atoms with Gasteiger partial charge in [-0.05, 0) is 30.5 Å². The normalized spacial score (nSPS) is 11.1. The van der Waals surface area contributed by atoms with E-state index in [-0.39, 0.29) is 0 Å². The summed E-state index contributed by atoms with van der Waals surface area (Å²) in [7, 11) is 3.30. The largest absolute Gasteiger partial charge is 0.496 e. The van der Waals surface area contributed by atoms with E-state index in [1.807, 2.05) is 37.3 Å². The molecule has 2 rings (SSSR count). The highest BCUT2D eigenvalue weighted by Gasteiger charge is 2.03. The first-order valence-electron chi connectivity index (χ1n) is 8.39. The first-order chi connectivity index (χ1) is 12.3. The zero-order valence-corrected chi connectivity index (χ0v) is 15.1. The quantitative estimate of drug-likeness (QED) is 0.569. The Balaban J connectivity index is 1.90. The van der Waals surface area contributed by atoms with Crippen LogP contribution in [-0.4, -0.2) is 38.3 Å². The third kappa shape index (κ3) is 5.99. The fraction of sp³-hybridized carbons (Fsp3) is 0.368. The average molecular weight is 342 g/mol. The Morgan fingerprint density at radius 1 is 1.08 bits per heavy atom. The maximum absolute atomic E-state index is 5.38.